The minimum Gasteiger partial charge on any atom is -0.312 e. The fourth-order valence-corrected chi connectivity index (χ4v) is 2.52. The second-order valence-corrected chi connectivity index (χ2v) is 5.12. The summed E-state index contributed by atoms with van der Waals surface area (Å²) in [5.74, 6) is 0. The summed E-state index contributed by atoms with van der Waals surface area (Å²) in [6.45, 7) is 6.67. The highest BCUT2D eigenvalue weighted by Gasteiger charge is 1.97. The Morgan fingerprint density at radius 3 is 2.67 bits per heavy atom. The van der Waals surface area contributed by atoms with Gasteiger partial charge in [0.05, 0.1) is 0 Å². The van der Waals surface area contributed by atoms with Gasteiger partial charge in [-0.25, -0.2) is 0 Å². The standard InChI is InChI=1S/C13H23NS/c1-3-4-5-6-7-9-14-11-13-12(2)8-10-15-13/h8,10,14H,3-7,9,11H2,1-2H3. The Morgan fingerprint density at radius 1 is 1.20 bits per heavy atom. The maximum Gasteiger partial charge on any atom is 0.0302 e. The highest BCUT2D eigenvalue weighted by molar-refractivity contribution is 7.10. The fourth-order valence-electron chi connectivity index (χ4n) is 1.64. The van der Waals surface area contributed by atoms with Crippen molar-refractivity contribution in [1.82, 2.24) is 5.32 Å². The van der Waals surface area contributed by atoms with E-state index in [0.29, 0.717) is 0 Å². The molecule has 0 fully saturated rings. The first-order valence-electron chi connectivity index (χ1n) is 6.08. The number of hydrogen-bond donors (Lipinski definition) is 1. The van der Waals surface area contributed by atoms with Crippen LogP contribution in [0.1, 0.15) is 49.5 Å². The second kappa shape index (κ2) is 7.89. The Balaban J connectivity index is 1.96. The lowest BCUT2D eigenvalue weighted by Gasteiger charge is -2.03. The third-order valence-corrected chi connectivity index (χ3v) is 3.73. The summed E-state index contributed by atoms with van der Waals surface area (Å²) in [6.07, 6.45) is 6.83. The smallest absolute Gasteiger partial charge is 0.0302 e. The molecule has 0 unspecified atom stereocenters. The first-order chi connectivity index (χ1) is 7.34. The van der Waals surface area contributed by atoms with Crippen molar-refractivity contribution in [3.8, 4) is 0 Å². The zero-order valence-corrected chi connectivity index (χ0v) is 10.8. The van der Waals surface area contributed by atoms with Crippen LogP contribution < -0.4 is 5.32 Å². The van der Waals surface area contributed by atoms with Gasteiger partial charge in [-0.15, -0.1) is 11.3 Å². The van der Waals surface area contributed by atoms with Gasteiger partial charge in [0.2, 0.25) is 0 Å². The van der Waals surface area contributed by atoms with Gasteiger partial charge in [-0.05, 0) is 36.9 Å². The van der Waals surface area contributed by atoms with E-state index >= 15 is 0 Å². The largest absolute Gasteiger partial charge is 0.312 e. The first kappa shape index (κ1) is 12.7. The van der Waals surface area contributed by atoms with E-state index in [1.165, 1.54) is 49.1 Å². The maximum absolute atomic E-state index is 3.52. The van der Waals surface area contributed by atoms with Crippen molar-refractivity contribution < 1.29 is 0 Å². The predicted octanol–water partition coefficient (Wildman–Crippen LogP) is 4.12. The molecule has 1 aromatic heterocycles. The van der Waals surface area contributed by atoms with Crippen LogP contribution in [0.25, 0.3) is 0 Å². The molecular weight excluding hydrogens is 202 g/mol. The Bertz CT molecular complexity index is 255. The fraction of sp³-hybridized carbons (Fsp3) is 0.692. The van der Waals surface area contributed by atoms with Gasteiger partial charge in [0.25, 0.3) is 0 Å². The number of thiophene rings is 1. The van der Waals surface area contributed by atoms with E-state index in [1.54, 1.807) is 0 Å². The number of rotatable bonds is 8. The molecule has 0 aliphatic rings. The monoisotopic (exact) mass is 225 g/mol. The van der Waals surface area contributed by atoms with Crippen LogP contribution in [0.2, 0.25) is 0 Å². The van der Waals surface area contributed by atoms with Crippen molar-refractivity contribution in [3.05, 3.63) is 21.9 Å². The summed E-state index contributed by atoms with van der Waals surface area (Å²) >= 11 is 1.86. The van der Waals surface area contributed by atoms with E-state index in [1.807, 2.05) is 11.3 Å². The minimum atomic E-state index is 1.05. The van der Waals surface area contributed by atoms with E-state index in [-0.39, 0.29) is 0 Å². The average molecular weight is 225 g/mol. The van der Waals surface area contributed by atoms with Crippen molar-refractivity contribution in [2.24, 2.45) is 0 Å². The van der Waals surface area contributed by atoms with Gasteiger partial charge in [0, 0.05) is 11.4 Å². The lowest BCUT2D eigenvalue weighted by Crippen LogP contribution is -2.14. The quantitative estimate of drug-likeness (QED) is 0.656. The highest BCUT2D eigenvalue weighted by Crippen LogP contribution is 2.14. The second-order valence-electron chi connectivity index (χ2n) is 4.12. The molecule has 15 heavy (non-hydrogen) atoms. The number of aryl methyl sites for hydroxylation is 1. The van der Waals surface area contributed by atoms with Gasteiger partial charge >= 0.3 is 0 Å². The lowest BCUT2D eigenvalue weighted by molar-refractivity contribution is 0.585. The molecule has 2 heteroatoms. The summed E-state index contributed by atoms with van der Waals surface area (Å²) in [6, 6.07) is 2.20. The van der Waals surface area contributed by atoms with E-state index in [0.717, 1.165) is 6.54 Å². The molecule has 1 N–H and O–H groups in total. The maximum atomic E-state index is 3.52. The molecule has 0 amide bonds. The van der Waals surface area contributed by atoms with Crippen LogP contribution in [0.15, 0.2) is 11.4 Å². The molecule has 1 heterocycles. The first-order valence-corrected chi connectivity index (χ1v) is 6.96. The molecule has 0 saturated carbocycles. The Hall–Kier alpha value is -0.340. The van der Waals surface area contributed by atoms with E-state index in [2.05, 4.69) is 30.6 Å². The number of unbranched alkanes of at least 4 members (excludes halogenated alkanes) is 4. The molecule has 1 rings (SSSR count). The van der Waals surface area contributed by atoms with Gasteiger partial charge < -0.3 is 5.32 Å². The molecule has 0 bridgehead atoms. The van der Waals surface area contributed by atoms with Crippen molar-refractivity contribution in [2.45, 2.75) is 52.5 Å². The Labute approximate surface area is 97.9 Å². The van der Waals surface area contributed by atoms with Crippen molar-refractivity contribution in [1.29, 1.82) is 0 Å². The van der Waals surface area contributed by atoms with Crippen molar-refractivity contribution in [3.63, 3.8) is 0 Å². The SMILES string of the molecule is CCCCCCCNCc1sccc1C. The topological polar surface area (TPSA) is 12.0 Å². The van der Waals surface area contributed by atoms with Crippen molar-refractivity contribution in [2.75, 3.05) is 6.54 Å². The molecule has 0 atom stereocenters. The van der Waals surface area contributed by atoms with E-state index in [9.17, 15) is 0 Å². The molecule has 86 valence electrons. The minimum absolute atomic E-state index is 1.05. The van der Waals surface area contributed by atoms with Crippen LogP contribution >= 0.6 is 11.3 Å². The summed E-state index contributed by atoms with van der Waals surface area (Å²) in [4.78, 5) is 1.49. The van der Waals surface area contributed by atoms with Gasteiger partial charge in [-0.1, -0.05) is 32.6 Å². The van der Waals surface area contributed by atoms with Crippen LogP contribution in [0.3, 0.4) is 0 Å². The summed E-state index contributed by atoms with van der Waals surface area (Å²) in [5.41, 5.74) is 1.43. The molecule has 1 aromatic rings. The average Bonchev–Trinajstić information content (AvgIpc) is 2.63. The van der Waals surface area contributed by atoms with Crippen LogP contribution in [0.4, 0.5) is 0 Å². The van der Waals surface area contributed by atoms with Crippen LogP contribution in [-0.2, 0) is 6.54 Å². The highest BCUT2D eigenvalue weighted by atomic mass is 32.1. The Kier molecular flexibility index (Phi) is 6.69. The number of nitrogens with one attached hydrogen (secondary N) is 1. The molecule has 0 aliphatic heterocycles. The summed E-state index contributed by atoms with van der Waals surface area (Å²) in [7, 11) is 0. The molecule has 0 radical (unpaired) electrons. The molecule has 0 aromatic carbocycles. The van der Waals surface area contributed by atoms with Crippen molar-refractivity contribution >= 4 is 11.3 Å². The molecule has 0 spiro atoms. The van der Waals surface area contributed by atoms with Crippen LogP contribution in [-0.4, -0.2) is 6.54 Å². The Morgan fingerprint density at radius 2 is 2.00 bits per heavy atom. The van der Waals surface area contributed by atoms with Gasteiger partial charge in [0.15, 0.2) is 0 Å². The summed E-state index contributed by atoms with van der Waals surface area (Å²) in [5, 5.41) is 5.69. The van der Waals surface area contributed by atoms with Gasteiger partial charge in [-0.2, -0.15) is 0 Å². The molecular formula is C13H23NS. The third-order valence-electron chi connectivity index (χ3n) is 2.71. The number of hydrogen-bond acceptors (Lipinski definition) is 2. The molecule has 0 aliphatic carbocycles. The normalized spacial score (nSPS) is 10.8. The zero-order chi connectivity index (χ0) is 10.9. The van der Waals surface area contributed by atoms with Crippen LogP contribution in [0.5, 0.6) is 0 Å². The zero-order valence-electron chi connectivity index (χ0n) is 10.0. The lowest BCUT2D eigenvalue weighted by atomic mass is 10.1. The van der Waals surface area contributed by atoms with Gasteiger partial charge in [-0.3, -0.25) is 0 Å². The van der Waals surface area contributed by atoms with E-state index < -0.39 is 0 Å². The van der Waals surface area contributed by atoms with Gasteiger partial charge in [0.1, 0.15) is 0 Å². The molecule has 0 saturated heterocycles. The third kappa shape index (κ3) is 5.33. The summed E-state index contributed by atoms with van der Waals surface area (Å²) < 4.78 is 0. The van der Waals surface area contributed by atoms with Crippen LogP contribution in [0, 0.1) is 6.92 Å². The predicted molar refractivity (Wildman–Crippen MR) is 69.5 cm³/mol. The van der Waals surface area contributed by atoms with E-state index in [4.69, 9.17) is 0 Å². The molecule has 1 nitrogen and oxygen atoms in total.